The van der Waals surface area contributed by atoms with Gasteiger partial charge in [0.15, 0.2) is 0 Å². The molecule has 2 rings (SSSR count). The fourth-order valence-corrected chi connectivity index (χ4v) is 2.91. The quantitative estimate of drug-likeness (QED) is 0.761. The maximum absolute atomic E-state index is 5.91. The third-order valence-electron chi connectivity index (χ3n) is 4.21. The first-order valence-corrected chi connectivity index (χ1v) is 6.32. The lowest BCUT2D eigenvalue weighted by Crippen LogP contribution is -2.51. The average molecular weight is 212 g/mol. The summed E-state index contributed by atoms with van der Waals surface area (Å²) < 4.78 is 5.40. The molecule has 1 heterocycles. The molecule has 0 bridgehead atoms. The molecule has 2 aliphatic rings. The van der Waals surface area contributed by atoms with Crippen LogP contribution in [0.3, 0.4) is 0 Å². The van der Waals surface area contributed by atoms with Gasteiger partial charge in [0, 0.05) is 32.8 Å². The van der Waals surface area contributed by atoms with Crippen molar-refractivity contribution in [3.63, 3.8) is 0 Å². The Kier molecular flexibility index (Phi) is 4.00. The van der Waals surface area contributed by atoms with Gasteiger partial charge in [-0.15, -0.1) is 0 Å². The second kappa shape index (κ2) is 5.28. The fourth-order valence-electron chi connectivity index (χ4n) is 2.91. The number of hydrogen-bond donors (Lipinski definition) is 1. The zero-order valence-corrected chi connectivity index (χ0v) is 9.82. The average Bonchev–Trinajstić information content (AvgIpc) is 2.23. The van der Waals surface area contributed by atoms with E-state index in [2.05, 4.69) is 4.90 Å². The summed E-state index contributed by atoms with van der Waals surface area (Å²) >= 11 is 0. The Labute approximate surface area is 93.0 Å². The predicted octanol–water partition coefficient (Wildman–Crippen LogP) is 1.22. The van der Waals surface area contributed by atoms with Crippen molar-refractivity contribution in [1.29, 1.82) is 0 Å². The first-order chi connectivity index (χ1) is 7.35. The summed E-state index contributed by atoms with van der Waals surface area (Å²) in [6, 6.07) is 0.650. The maximum Gasteiger partial charge on any atom is 0.0595 e. The van der Waals surface area contributed by atoms with Gasteiger partial charge in [0.05, 0.1) is 6.10 Å². The topological polar surface area (TPSA) is 38.5 Å². The van der Waals surface area contributed by atoms with Crippen LogP contribution in [0.1, 0.15) is 32.1 Å². The number of nitrogens with zero attached hydrogens (tertiary/aromatic N) is 1. The van der Waals surface area contributed by atoms with Crippen LogP contribution in [-0.2, 0) is 4.74 Å². The van der Waals surface area contributed by atoms with Crippen LogP contribution in [0, 0.1) is 5.92 Å². The van der Waals surface area contributed by atoms with Gasteiger partial charge in [-0.3, -0.25) is 4.90 Å². The molecule has 2 N–H and O–H groups in total. The van der Waals surface area contributed by atoms with Crippen LogP contribution < -0.4 is 5.73 Å². The van der Waals surface area contributed by atoms with E-state index in [0.29, 0.717) is 12.1 Å². The number of ether oxygens (including phenoxy) is 1. The van der Waals surface area contributed by atoms with Gasteiger partial charge in [0.25, 0.3) is 0 Å². The standard InChI is InChI=1S/C12H24N2O/c1-15-11-5-7-14(8-6-11)12(9-13)10-3-2-4-10/h10-12H,2-9,13H2,1H3. The Bertz CT molecular complexity index is 186. The van der Waals surface area contributed by atoms with Crippen LogP contribution >= 0.6 is 0 Å². The number of hydrogen-bond acceptors (Lipinski definition) is 3. The highest BCUT2D eigenvalue weighted by molar-refractivity contribution is 4.87. The molecule has 1 aliphatic carbocycles. The van der Waals surface area contributed by atoms with E-state index in [9.17, 15) is 0 Å². The molecule has 1 saturated heterocycles. The van der Waals surface area contributed by atoms with Crippen molar-refractivity contribution in [2.24, 2.45) is 11.7 Å². The van der Waals surface area contributed by atoms with Gasteiger partial charge in [-0.05, 0) is 31.6 Å². The molecule has 3 nitrogen and oxygen atoms in total. The molecule has 0 amide bonds. The van der Waals surface area contributed by atoms with E-state index < -0.39 is 0 Å². The van der Waals surface area contributed by atoms with Gasteiger partial charge in [-0.25, -0.2) is 0 Å². The molecule has 2 fully saturated rings. The third-order valence-corrected chi connectivity index (χ3v) is 4.21. The maximum atomic E-state index is 5.91. The lowest BCUT2D eigenvalue weighted by Gasteiger charge is -2.43. The monoisotopic (exact) mass is 212 g/mol. The second-order valence-corrected chi connectivity index (χ2v) is 4.97. The minimum absolute atomic E-state index is 0.487. The van der Waals surface area contributed by atoms with E-state index in [1.807, 2.05) is 7.11 Å². The normalized spacial score (nSPS) is 27.6. The van der Waals surface area contributed by atoms with E-state index >= 15 is 0 Å². The molecule has 0 aromatic heterocycles. The van der Waals surface area contributed by atoms with Crippen molar-refractivity contribution < 1.29 is 4.74 Å². The largest absolute Gasteiger partial charge is 0.381 e. The van der Waals surface area contributed by atoms with E-state index in [-0.39, 0.29) is 0 Å². The van der Waals surface area contributed by atoms with Crippen LogP contribution in [0.4, 0.5) is 0 Å². The number of piperidine rings is 1. The molecule has 3 heteroatoms. The SMILES string of the molecule is COC1CCN(C(CN)C2CCC2)CC1. The smallest absolute Gasteiger partial charge is 0.0595 e. The molecule has 1 atom stereocenters. The van der Waals surface area contributed by atoms with Crippen LogP contribution in [0.2, 0.25) is 0 Å². The van der Waals surface area contributed by atoms with Crippen LogP contribution in [0.5, 0.6) is 0 Å². The molecule has 0 spiro atoms. The van der Waals surface area contributed by atoms with Crippen molar-refractivity contribution in [2.45, 2.75) is 44.2 Å². The van der Waals surface area contributed by atoms with Gasteiger partial charge in [0.2, 0.25) is 0 Å². The molecule has 1 unspecified atom stereocenters. The van der Waals surface area contributed by atoms with Crippen molar-refractivity contribution >= 4 is 0 Å². The third kappa shape index (κ3) is 2.52. The molecule has 0 radical (unpaired) electrons. The van der Waals surface area contributed by atoms with Crippen molar-refractivity contribution in [3.05, 3.63) is 0 Å². The summed E-state index contributed by atoms with van der Waals surface area (Å²) in [5, 5.41) is 0. The summed E-state index contributed by atoms with van der Waals surface area (Å²) in [6.07, 6.45) is 7.05. The lowest BCUT2D eigenvalue weighted by atomic mass is 9.78. The Morgan fingerprint density at radius 1 is 1.27 bits per heavy atom. The number of likely N-dealkylation sites (tertiary alicyclic amines) is 1. The highest BCUT2D eigenvalue weighted by Gasteiger charge is 2.32. The van der Waals surface area contributed by atoms with E-state index in [0.717, 1.165) is 12.5 Å². The fraction of sp³-hybridized carbons (Fsp3) is 1.00. The minimum atomic E-state index is 0.487. The van der Waals surface area contributed by atoms with Crippen molar-refractivity contribution in [2.75, 3.05) is 26.7 Å². The summed E-state index contributed by atoms with van der Waals surface area (Å²) in [5.41, 5.74) is 5.91. The van der Waals surface area contributed by atoms with Crippen LogP contribution in [0.15, 0.2) is 0 Å². The number of methoxy groups -OCH3 is 1. The molecular weight excluding hydrogens is 188 g/mol. The van der Waals surface area contributed by atoms with E-state index in [1.54, 1.807) is 0 Å². The van der Waals surface area contributed by atoms with Crippen molar-refractivity contribution in [3.8, 4) is 0 Å². The molecule has 1 saturated carbocycles. The first kappa shape index (κ1) is 11.4. The van der Waals surface area contributed by atoms with Gasteiger partial charge < -0.3 is 10.5 Å². The van der Waals surface area contributed by atoms with Gasteiger partial charge in [-0.2, -0.15) is 0 Å². The van der Waals surface area contributed by atoms with E-state index in [1.165, 1.54) is 45.2 Å². The molecule has 15 heavy (non-hydrogen) atoms. The Morgan fingerprint density at radius 3 is 2.33 bits per heavy atom. The zero-order chi connectivity index (χ0) is 10.7. The van der Waals surface area contributed by atoms with E-state index in [4.69, 9.17) is 10.5 Å². The van der Waals surface area contributed by atoms with Crippen molar-refractivity contribution in [1.82, 2.24) is 4.90 Å². The summed E-state index contributed by atoms with van der Waals surface area (Å²) in [6.45, 7) is 3.19. The summed E-state index contributed by atoms with van der Waals surface area (Å²) in [7, 11) is 1.83. The number of nitrogens with two attached hydrogens (primary N) is 1. The molecule has 0 aromatic carbocycles. The molecular formula is C12H24N2O. The second-order valence-electron chi connectivity index (χ2n) is 4.97. The molecule has 88 valence electrons. The zero-order valence-electron chi connectivity index (χ0n) is 9.82. The number of rotatable bonds is 4. The first-order valence-electron chi connectivity index (χ1n) is 6.32. The van der Waals surface area contributed by atoms with Crippen LogP contribution in [-0.4, -0.2) is 43.8 Å². The Hall–Kier alpha value is -0.120. The molecule has 1 aliphatic heterocycles. The van der Waals surface area contributed by atoms with Crippen LogP contribution in [0.25, 0.3) is 0 Å². The Morgan fingerprint density at radius 2 is 1.93 bits per heavy atom. The Balaban J connectivity index is 1.81. The van der Waals surface area contributed by atoms with Gasteiger partial charge >= 0.3 is 0 Å². The summed E-state index contributed by atoms with van der Waals surface area (Å²) in [4.78, 5) is 2.60. The summed E-state index contributed by atoms with van der Waals surface area (Å²) in [5.74, 6) is 0.883. The highest BCUT2D eigenvalue weighted by Crippen LogP contribution is 2.33. The minimum Gasteiger partial charge on any atom is -0.381 e. The highest BCUT2D eigenvalue weighted by atomic mass is 16.5. The van der Waals surface area contributed by atoms with Gasteiger partial charge in [-0.1, -0.05) is 6.42 Å². The molecule has 0 aromatic rings. The predicted molar refractivity (Wildman–Crippen MR) is 61.8 cm³/mol. The lowest BCUT2D eigenvalue weighted by molar-refractivity contribution is 0.00875. The van der Waals surface area contributed by atoms with Gasteiger partial charge in [0.1, 0.15) is 0 Å².